The van der Waals surface area contributed by atoms with E-state index in [2.05, 4.69) is 10.6 Å². The number of amides is 2. The number of anilines is 1. The molecule has 6 heteroatoms. The molecule has 0 aliphatic rings. The minimum atomic E-state index is -0.872. The molecule has 3 N–H and O–H groups in total. The molecule has 0 aromatic heterocycles. The molecular weight excluding hydrogens is 268 g/mol. The van der Waals surface area contributed by atoms with Crippen LogP contribution in [0.1, 0.15) is 18.9 Å². The normalized spacial score (nSPS) is 11.7. The van der Waals surface area contributed by atoms with Gasteiger partial charge in [0.25, 0.3) is 0 Å². The topological polar surface area (TPSA) is 78.4 Å². The summed E-state index contributed by atoms with van der Waals surface area (Å²) in [7, 11) is 0. The van der Waals surface area contributed by atoms with Gasteiger partial charge in [-0.15, -0.1) is 0 Å². The number of carboxylic acids is 1. The molecule has 0 heterocycles. The lowest BCUT2D eigenvalue weighted by molar-refractivity contribution is -0.137. The second-order valence-electron chi connectivity index (χ2n) is 4.50. The molecule has 1 atom stereocenters. The lowest BCUT2D eigenvalue weighted by atomic mass is 10.1. The number of carbonyl (C=O) groups excluding carboxylic acids is 1. The van der Waals surface area contributed by atoms with E-state index in [4.69, 9.17) is 16.7 Å². The average molecular weight is 285 g/mol. The van der Waals surface area contributed by atoms with Crippen LogP contribution in [-0.2, 0) is 4.79 Å². The van der Waals surface area contributed by atoms with E-state index < -0.39 is 5.97 Å². The maximum absolute atomic E-state index is 11.6. The van der Waals surface area contributed by atoms with Crippen molar-refractivity contribution in [1.29, 1.82) is 0 Å². The summed E-state index contributed by atoms with van der Waals surface area (Å²) in [6.07, 6.45) is 0.0280. The van der Waals surface area contributed by atoms with Gasteiger partial charge < -0.3 is 15.7 Å². The molecule has 0 saturated heterocycles. The molecule has 2 amide bonds. The third kappa shape index (κ3) is 5.61. The van der Waals surface area contributed by atoms with Gasteiger partial charge in [-0.25, -0.2) is 4.79 Å². The second-order valence-corrected chi connectivity index (χ2v) is 4.93. The van der Waals surface area contributed by atoms with Gasteiger partial charge in [0.1, 0.15) is 0 Å². The number of hydrogen-bond donors (Lipinski definition) is 3. The number of carboxylic acid groups (broad SMARTS) is 1. The molecule has 1 rings (SSSR count). The van der Waals surface area contributed by atoms with Crippen LogP contribution in [-0.4, -0.2) is 23.7 Å². The highest BCUT2D eigenvalue weighted by atomic mass is 35.5. The molecule has 0 spiro atoms. The number of hydrogen-bond acceptors (Lipinski definition) is 2. The number of carbonyl (C=O) groups is 2. The molecule has 1 unspecified atom stereocenters. The molecule has 0 saturated carbocycles. The van der Waals surface area contributed by atoms with Gasteiger partial charge >= 0.3 is 12.0 Å². The van der Waals surface area contributed by atoms with E-state index >= 15 is 0 Å². The Balaban J connectivity index is 2.45. The first kappa shape index (κ1) is 15.3. The van der Waals surface area contributed by atoms with E-state index in [1.54, 1.807) is 25.1 Å². The van der Waals surface area contributed by atoms with Gasteiger partial charge in [0.05, 0.1) is 0 Å². The minimum Gasteiger partial charge on any atom is -0.481 e. The van der Waals surface area contributed by atoms with Gasteiger partial charge in [-0.3, -0.25) is 4.79 Å². The van der Waals surface area contributed by atoms with Crippen molar-refractivity contribution in [3.05, 3.63) is 28.8 Å². The van der Waals surface area contributed by atoms with Crippen molar-refractivity contribution in [3.63, 3.8) is 0 Å². The van der Waals surface area contributed by atoms with Crippen molar-refractivity contribution in [1.82, 2.24) is 5.32 Å². The maximum Gasteiger partial charge on any atom is 0.319 e. The smallest absolute Gasteiger partial charge is 0.319 e. The van der Waals surface area contributed by atoms with Crippen LogP contribution in [0.15, 0.2) is 18.2 Å². The summed E-state index contributed by atoms with van der Waals surface area (Å²) in [6, 6.07) is 4.81. The summed E-state index contributed by atoms with van der Waals surface area (Å²) >= 11 is 5.82. The van der Waals surface area contributed by atoms with Crippen molar-refractivity contribution >= 4 is 29.3 Å². The fourth-order valence-electron chi connectivity index (χ4n) is 1.57. The highest BCUT2D eigenvalue weighted by Crippen LogP contribution is 2.19. The number of nitrogens with one attached hydrogen (secondary N) is 2. The summed E-state index contributed by atoms with van der Waals surface area (Å²) in [5, 5.41) is 14.5. The Labute approximate surface area is 117 Å². The predicted molar refractivity (Wildman–Crippen MR) is 74.6 cm³/mol. The zero-order valence-corrected chi connectivity index (χ0v) is 11.6. The molecular formula is C13H17ClN2O3. The van der Waals surface area contributed by atoms with Gasteiger partial charge in [0.2, 0.25) is 0 Å². The van der Waals surface area contributed by atoms with Crippen LogP contribution < -0.4 is 10.6 Å². The van der Waals surface area contributed by atoms with Crippen molar-refractivity contribution in [3.8, 4) is 0 Å². The summed E-state index contributed by atoms with van der Waals surface area (Å²) in [5.74, 6) is -0.988. The standard InChI is InChI=1S/C13H17ClN2O3/c1-8(5-12(17)18)7-15-13(19)16-11-4-3-10(14)6-9(11)2/h3-4,6,8H,5,7H2,1-2H3,(H,17,18)(H2,15,16,19). The second kappa shape index (κ2) is 6.99. The third-order valence-electron chi connectivity index (χ3n) is 2.57. The number of aryl methyl sites for hydroxylation is 1. The Morgan fingerprint density at radius 2 is 2.11 bits per heavy atom. The SMILES string of the molecule is Cc1cc(Cl)ccc1NC(=O)NCC(C)CC(=O)O. The van der Waals surface area contributed by atoms with Gasteiger partial charge in [0.15, 0.2) is 0 Å². The van der Waals surface area contributed by atoms with Crippen LogP contribution in [0.3, 0.4) is 0 Å². The molecule has 0 aliphatic heterocycles. The molecule has 0 aliphatic carbocycles. The van der Waals surface area contributed by atoms with E-state index in [0.717, 1.165) is 5.56 Å². The molecule has 19 heavy (non-hydrogen) atoms. The largest absolute Gasteiger partial charge is 0.481 e. The summed E-state index contributed by atoms with van der Waals surface area (Å²) in [4.78, 5) is 22.1. The Kier molecular flexibility index (Phi) is 5.63. The first-order valence-electron chi connectivity index (χ1n) is 5.91. The van der Waals surface area contributed by atoms with Crippen LogP contribution in [0, 0.1) is 12.8 Å². The first-order chi connectivity index (χ1) is 8.88. The molecule has 0 bridgehead atoms. The molecule has 0 radical (unpaired) electrons. The Morgan fingerprint density at radius 1 is 1.42 bits per heavy atom. The average Bonchev–Trinajstić information content (AvgIpc) is 2.29. The predicted octanol–water partition coefficient (Wildman–Crippen LogP) is 2.88. The number of halogens is 1. The number of aliphatic carboxylic acids is 1. The van der Waals surface area contributed by atoms with Gasteiger partial charge in [-0.05, 0) is 36.6 Å². The van der Waals surface area contributed by atoms with Crippen molar-refractivity contribution in [2.24, 2.45) is 5.92 Å². The van der Waals surface area contributed by atoms with Crippen molar-refractivity contribution < 1.29 is 14.7 Å². The van der Waals surface area contributed by atoms with Crippen LogP contribution in [0.2, 0.25) is 5.02 Å². The van der Waals surface area contributed by atoms with Crippen LogP contribution in [0.25, 0.3) is 0 Å². The summed E-state index contributed by atoms with van der Waals surface area (Å²) in [6.45, 7) is 3.92. The Hall–Kier alpha value is -1.75. The molecule has 104 valence electrons. The fourth-order valence-corrected chi connectivity index (χ4v) is 1.80. The molecule has 0 fully saturated rings. The zero-order chi connectivity index (χ0) is 14.4. The van der Waals surface area contributed by atoms with Crippen molar-refractivity contribution in [2.45, 2.75) is 20.3 Å². The van der Waals surface area contributed by atoms with Gasteiger partial charge in [0, 0.05) is 23.7 Å². The minimum absolute atomic E-state index is 0.0280. The fraction of sp³-hybridized carbons (Fsp3) is 0.385. The third-order valence-corrected chi connectivity index (χ3v) is 2.81. The van der Waals surface area contributed by atoms with Crippen molar-refractivity contribution in [2.75, 3.05) is 11.9 Å². The van der Waals surface area contributed by atoms with Crippen LogP contribution >= 0.6 is 11.6 Å². The molecule has 1 aromatic carbocycles. The maximum atomic E-state index is 11.6. The molecule has 1 aromatic rings. The van der Waals surface area contributed by atoms with E-state index in [0.29, 0.717) is 17.3 Å². The monoisotopic (exact) mass is 284 g/mol. The van der Waals surface area contributed by atoms with E-state index in [9.17, 15) is 9.59 Å². The highest BCUT2D eigenvalue weighted by Gasteiger charge is 2.10. The molecule has 5 nitrogen and oxygen atoms in total. The number of rotatable bonds is 5. The van der Waals surface area contributed by atoms with Gasteiger partial charge in [-0.1, -0.05) is 18.5 Å². The van der Waals surface area contributed by atoms with Crippen LogP contribution in [0.5, 0.6) is 0 Å². The summed E-state index contributed by atoms with van der Waals surface area (Å²) in [5.41, 5.74) is 1.54. The van der Waals surface area contributed by atoms with E-state index in [-0.39, 0.29) is 18.4 Å². The lowest BCUT2D eigenvalue weighted by Crippen LogP contribution is -2.33. The Bertz CT molecular complexity index is 477. The Morgan fingerprint density at radius 3 is 2.68 bits per heavy atom. The first-order valence-corrected chi connectivity index (χ1v) is 6.29. The van der Waals surface area contributed by atoms with Gasteiger partial charge in [-0.2, -0.15) is 0 Å². The van der Waals surface area contributed by atoms with E-state index in [1.807, 2.05) is 6.92 Å². The quantitative estimate of drug-likeness (QED) is 0.778. The lowest BCUT2D eigenvalue weighted by Gasteiger charge is -2.12. The van der Waals surface area contributed by atoms with Crippen LogP contribution in [0.4, 0.5) is 10.5 Å². The van der Waals surface area contributed by atoms with E-state index in [1.165, 1.54) is 0 Å². The number of benzene rings is 1. The highest BCUT2D eigenvalue weighted by molar-refractivity contribution is 6.30. The number of urea groups is 1. The summed E-state index contributed by atoms with van der Waals surface area (Å²) < 4.78 is 0. The zero-order valence-electron chi connectivity index (χ0n) is 10.9.